The van der Waals surface area contributed by atoms with Crippen molar-refractivity contribution in [3.8, 4) is 0 Å². The van der Waals surface area contributed by atoms with Gasteiger partial charge in [0.2, 0.25) is 0 Å². The van der Waals surface area contributed by atoms with Gasteiger partial charge >= 0.3 is 0 Å². The van der Waals surface area contributed by atoms with Crippen LogP contribution in [0, 0.1) is 13.8 Å². The molecule has 0 amide bonds. The molecule has 112 valence electrons. The van der Waals surface area contributed by atoms with Crippen LogP contribution >= 0.6 is 11.8 Å². The quantitative estimate of drug-likeness (QED) is 0.923. The molecule has 5 heteroatoms. The molecule has 1 fully saturated rings. The number of nitrogens with one attached hydrogen (secondary N) is 1. The van der Waals surface area contributed by atoms with E-state index in [1.54, 1.807) is 0 Å². The van der Waals surface area contributed by atoms with E-state index in [0.717, 1.165) is 43.5 Å². The highest BCUT2D eigenvalue weighted by Crippen LogP contribution is 2.31. The van der Waals surface area contributed by atoms with Crippen LogP contribution in [0.3, 0.4) is 0 Å². The summed E-state index contributed by atoms with van der Waals surface area (Å²) in [6.45, 7) is 14.0. The summed E-state index contributed by atoms with van der Waals surface area (Å²) in [6, 6.07) is 0. The summed E-state index contributed by atoms with van der Waals surface area (Å²) >= 11 is 2.07. The van der Waals surface area contributed by atoms with Crippen LogP contribution in [0.25, 0.3) is 0 Å². The van der Waals surface area contributed by atoms with E-state index in [9.17, 15) is 0 Å². The Labute approximate surface area is 126 Å². The van der Waals surface area contributed by atoms with Gasteiger partial charge in [-0.15, -0.1) is 0 Å². The van der Waals surface area contributed by atoms with E-state index in [4.69, 9.17) is 4.98 Å². The smallest absolute Gasteiger partial charge is 0.137 e. The van der Waals surface area contributed by atoms with Crippen molar-refractivity contribution in [1.29, 1.82) is 0 Å². The molecule has 0 aliphatic carbocycles. The van der Waals surface area contributed by atoms with Crippen molar-refractivity contribution in [3.63, 3.8) is 0 Å². The Morgan fingerprint density at radius 1 is 1.20 bits per heavy atom. The molecule has 1 aromatic rings. The fraction of sp³-hybridized carbons (Fsp3) is 0.733. The van der Waals surface area contributed by atoms with Gasteiger partial charge in [-0.3, -0.25) is 0 Å². The van der Waals surface area contributed by atoms with Crippen LogP contribution in [0.5, 0.6) is 0 Å². The first-order chi connectivity index (χ1) is 9.51. The minimum atomic E-state index is 0.653. The summed E-state index contributed by atoms with van der Waals surface area (Å²) in [6.07, 6.45) is 1.10. The van der Waals surface area contributed by atoms with E-state index in [2.05, 4.69) is 54.7 Å². The van der Waals surface area contributed by atoms with Gasteiger partial charge in [0.15, 0.2) is 0 Å². The lowest BCUT2D eigenvalue weighted by molar-refractivity contribution is 0.712. The Morgan fingerprint density at radius 2 is 1.85 bits per heavy atom. The second kappa shape index (κ2) is 6.66. The molecular formula is C15H26N4S. The Bertz CT molecular complexity index is 453. The van der Waals surface area contributed by atoms with Gasteiger partial charge in [0.05, 0.1) is 0 Å². The molecule has 1 aliphatic heterocycles. The Balaban J connectivity index is 2.28. The molecule has 2 unspecified atom stereocenters. The van der Waals surface area contributed by atoms with Gasteiger partial charge in [0, 0.05) is 35.7 Å². The van der Waals surface area contributed by atoms with Crippen LogP contribution in [-0.2, 0) is 0 Å². The van der Waals surface area contributed by atoms with E-state index >= 15 is 0 Å². The highest BCUT2D eigenvalue weighted by molar-refractivity contribution is 8.00. The number of anilines is 2. The van der Waals surface area contributed by atoms with Gasteiger partial charge in [-0.25, -0.2) is 9.97 Å². The predicted molar refractivity (Wildman–Crippen MR) is 89.0 cm³/mol. The number of nitrogens with zero attached hydrogens (tertiary/aromatic N) is 3. The molecule has 2 atom stereocenters. The summed E-state index contributed by atoms with van der Waals surface area (Å²) in [4.78, 5) is 11.7. The largest absolute Gasteiger partial charge is 0.370 e. The SMILES string of the molecule is CCCNc1nc(C)nc(N2CC(C)SC(C)C2)c1C. The molecule has 0 saturated carbocycles. The first-order valence-electron chi connectivity index (χ1n) is 7.50. The van der Waals surface area contributed by atoms with E-state index in [1.165, 1.54) is 5.56 Å². The minimum Gasteiger partial charge on any atom is -0.370 e. The molecule has 0 bridgehead atoms. The van der Waals surface area contributed by atoms with Gasteiger partial charge in [-0.2, -0.15) is 11.8 Å². The molecule has 0 spiro atoms. The highest BCUT2D eigenvalue weighted by atomic mass is 32.2. The molecule has 1 saturated heterocycles. The summed E-state index contributed by atoms with van der Waals surface area (Å²) in [5.74, 6) is 2.95. The molecule has 1 aromatic heterocycles. The molecule has 2 heterocycles. The molecule has 2 rings (SSSR count). The Kier molecular flexibility index (Phi) is 5.13. The van der Waals surface area contributed by atoms with Crippen LogP contribution in [0.15, 0.2) is 0 Å². The Morgan fingerprint density at radius 3 is 2.45 bits per heavy atom. The molecule has 20 heavy (non-hydrogen) atoms. The normalized spacial score (nSPS) is 22.9. The van der Waals surface area contributed by atoms with E-state index in [0.29, 0.717) is 10.5 Å². The van der Waals surface area contributed by atoms with Crippen LogP contribution in [0.4, 0.5) is 11.6 Å². The van der Waals surface area contributed by atoms with E-state index in [-0.39, 0.29) is 0 Å². The van der Waals surface area contributed by atoms with Gasteiger partial charge < -0.3 is 10.2 Å². The summed E-state index contributed by atoms with van der Waals surface area (Å²) in [5, 5.41) is 4.73. The van der Waals surface area contributed by atoms with Gasteiger partial charge in [0.25, 0.3) is 0 Å². The fourth-order valence-electron chi connectivity index (χ4n) is 2.69. The third-order valence-electron chi connectivity index (χ3n) is 3.49. The number of hydrogen-bond acceptors (Lipinski definition) is 5. The van der Waals surface area contributed by atoms with Crippen molar-refractivity contribution < 1.29 is 0 Å². The summed E-state index contributed by atoms with van der Waals surface area (Å²) < 4.78 is 0. The zero-order chi connectivity index (χ0) is 14.7. The lowest BCUT2D eigenvalue weighted by Gasteiger charge is -2.36. The zero-order valence-electron chi connectivity index (χ0n) is 13.2. The van der Waals surface area contributed by atoms with E-state index in [1.807, 2.05) is 6.92 Å². The predicted octanol–water partition coefficient (Wildman–Crippen LogP) is 3.25. The maximum Gasteiger partial charge on any atom is 0.137 e. The van der Waals surface area contributed by atoms with Crippen molar-refractivity contribution in [2.24, 2.45) is 0 Å². The number of aryl methyl sites for hydroxylation is 1. The maximum absolute atomic E-state index is 4.70. The number of thioether (sulfide) groups is 1. The number of rotatable bonds is 4. The molecule has 4 nitrogen and oxygen atoms in total. The maximum atomic E-state index is 4.70. The summed E-state index contributed by atoms with van der Waals surface area (Å²) in [5.41, 5.74) is 1.18. The second-order valence-corrected chi connectivity index (χ2v) is 7.54. The third kappa shape index (κ3) is 3.57. The monoisotopic (exact) mass is 294 g/mol. The minimum absolute atomic E-state index is 0.653. The molecule has 1 aliphatic rings. The van der Waals surface area contributed by atoms with Crippen molar-refractivity contribution in [2.45, 2.75) is 51.5 Å². The molecule has 0 radical (unpaired) electrons. The molecule has 1 N–H and O–H groups in total. The number of aromatic nitrogens is 2. The summed E-state index contributed by atoms with van der Waals surface area (Å²) in [7, 11) is 0. The average Bonchev–Trinajstić information content (AvgIpc) is 2.38. The lowest BCUT2D eigenvalue weighted by atomic mass is 10.2. The first kappa shape index (κ1) is 15.4. The Hall–Kier alpha value is -0.970. The van der Waals surface area contributed by atoms with Crippen LogP contribution in [0.2, 0.25) is 0 Å². The first-order valence-corrected chi connectivity index (χ1v) is 8.45. The topological polar surface area (TPSA) is 41.1 Å². The average molecular weight is 294 g/mol. The third-order valence-corrected chi connectivity index (χ3v) is 4.72. The highest BCUT2D eigenvalue weighted by Gasteiger charge is 2.25. The van der Waals surface area contributed by atoms with Gasteiger partial charge in [-0.05, 0) is 20.3 Å². The van der Waals surface area contributed by atoms with Crippen LogP contribution < -0.4 is 10.2 Å². The van der Waals surface area contributed by atoms with E-state index < -0.39 is 0 Å². The van der Waals surface area contributed by atoms with Gasteiger partial charge in [0.1, 0.15) is 17.5 Å². The van der Waals surface area contributed by atoms with Gasteiger partial charge in [-0.1, -0.05) is 20.8 Å². The van der Waals surface area contributed by atoms with Crippen molar-refractivity contribution in [3.05, 3.63) is 11.4 Å². The zero-order valence-corrected chi connectivity index (χ0v) is 14.0. The second-order valence-electron chi connectivity index (χ2n) is 5.66. The fourth-order valence-corrected chi connectivity index (χ4v) is 4.01. The van der Waals surface area contributed by atoms with Crippen molar-refractivity contribution in [2.75, 3.05) is 29.9 Å². The van der Waals surface area contributed by atoms with Crippen LogP contribution in [-0.4, -0.2) is 40.1 Å². The van der Waals surface area contributed by atoms with Crippen molar-refractivity contribution in [1.82, 2.24) is 9.97 Å². The van der Waals surface area contributed by atoms with Crippen molar-refractivity contribution >= 4 is 23.4 Å². The molecule has 0 aromatic carbocycles. The molecular weight excluding hydrogens is 268 g/mol. The standard InChI is InChI=1S/C15H26N4S/c1-6-7-16-14-12(4)15(18-13(5)17-14)19-8-10(2)20-11(3)9-19/h10-11H,6-9H2,1-5H3,(H,16,17,18). The van der Waals surface area contributed by atoms with Crippen LogP contribution in [0.1, 0.15) is 38.6 Å². The number of hydrogen-bond donors (Lipinski definition) is 1. The lowest BCUT2D eigenvalue weighted by Crippen LogP contribution is -2.41.